The van der Waals surface area contributed by atoms with Crippen molar-refractivity contribution in [3.63, 3.8) is 0 Å². The SMILES string of the molecule is O=CCC#Cc1ccc(Br)c(F)c1. The summed E-state index contributed by atoms with van der Waals surface area (Å²) in [6, 6.07) is 4.59. The van der Waals surface area contributed by atoms with E-state index in [2.05, 4.69) is 27.8 Å². The topological polar surface area (TPSA) is 17.1 Å². The summed E-state index contributed by atoms with van der Waals surface area (Å²) in [5, 5.41) is 0. The third-order valence-corrected chi connectivity index (χ3v) is 1.98. The van der Waals surface area contributed by atoms with Gasteiger partial charge in [-0.1, -0.05) is 11.8 Å². The lowest BCUT2D eigenvalue weighted by atomic mass is 10.2. The van der Waals surface area contributed by atoms with Gasteiger partial charge in [0.25, 0.3) is 0 Å². The third kappa shape index (κ3) is 3.00. The zero-order chi connectivity index (χ0) is 9.68. The maximum atomic E-state index is 12.9. The van der Waals surface area contributed by atoms with E-state index in [0.717, 1.165) is 0 Å². The normalized spacial score (nSPS) is 8.77. The van der Waals surface area contributed by atoms with Gasteiger partial charge in [-0.25, -0.2) is 4.39 Å². The van der Waals surface area contributed by atoms with Crippen molar-refractivity contribution in [3.05, 3.63) is 34.1 Å². The van der Waals surface area contributed by atoms with Crippen LogP contribution in [-0.4, -0.2) is 6.29 Å². The van der Waals surface area contributed by atoms with Gasteiger partial charge < -0.3 is 4.79 Å². The Morgan fingerprint density at radius 2 is 2.31 bits per heavy atom. The molecule has 0 radical (unpaired) electrons. The lowest BCUT2D eigenvalue weighted by molar-refractivity contribution is -0.107. The minimum atomic E-state index is -0.349. The quantitative estimate of drug-likeness (QED) is 0.545. The third-order valence-electron chi connectivity index (χ3n) is 1.34. The Balaban J connectivity index is 2.87. The fourth-order valence-electron chi connectivity index (χ4n) is 0.769. The monoisotopic (exact) mass is 240 g/mol. The van der Waals surface area contributed by atoms with Gasteiger partial charge in [-0.15, -0.1) is 0 Å². The number of halogens is 2. The average Bonchev–Trinajstić information content (AvgIpc) is 2.12. The summed E-state index contributed by atoms with van der Waals surface area (Å²) in [4.78, 5) is 9.93. The minimum absolute atomic E-state index is 0.178. The molecule has 1 nitrogen and oxygen atoms in total. The van der Waals surface area contributed by atoms with Crippen LogP contribution in [0.25, 0.3) is 0 Å². The van der Waals surface area contributed by atoms with Crippen LogP contribution in [0.3, 0.4) is 0 Å². The molecule has 0 aromatic heterocycles. The van der Waals surface area contributed by atoms with Gasteiger partial charge >= 0.3 is 0 Å². The van der Waals surface area contributed by atoms with Gasteiger partial charge in [0.15, 0.2) is 0 Å². The molecule has 0 unspecified atom stereocenters. The summed E-state index contributed by atoms with van der Waals surface area (Å²) < 4.78 is 13.3. The molecule has 0 aliphatic rings. The number of rotatable bonds is 1. The van der Waals surface area contributed by atoms with E-state index >= 15 is 0 Å². The molecule has 0 saturated carbocycles. The lowest BCUT2D eigenvalue weighted by Crippen LogP contribution is -1.80. The second-order valence-corrected chi connectivity index (χ2v) is 3.16. The number of carbonyl (C=O) groups excluding carboxylic acids is 1. The van der Waals surface area contributed by atoms with E-state index < -0.39 is 0 Å². The highest BCUT2D eigenvalue weighted by Gasteiger charge is 1.97. The maximum Gasteiger partial charge on any atom is 0.138 e. The number of hydrogen-bond acceptors (Lipinski definition) is 1. The summed E-state index contributed by atoms with van der Waals surface area (Å²) in [5.41, 5.74) is 0.572. The molecule has 0 saturated heterocycles. The predicted octanol–water partition coefficient (Wildman–Crippen LogP) is 2.53. The Morgan fingerprint density at radius 1 is 1.54 bits per heavy atom. The first-order valence-electron chi connectivity index (χ1n) is 3.61. The molecule has 66 valence electrons. The molecule has 1 aromatic carbocycles. The second-order valence-electron chi connectivity index (χ2n) is 2.30. The molecule has 0 heterocycles. The summed E-state index contributed by atoms with van der Waals surface area (Å²) in [5.74, 6) is 4.92. The van der Waals surface area contributed by atoms with Gasteiger partial charge in [0, 0.05) is 5.56 Å². The van der Waals surface area contributed by atoms with Crippen LogP contribution >= 0.6 is 15.9 Å². The molecule has 13 heavy (non-hydrogen) atoms. The van der Waals surface area contributed by atoms with Crippen LogP contribution in [0.1, 0.15) is 12.0 Å². The van der Waals surface area contributed by atoms with Gasteiger partial charge in [-0.2, -0.15) is 0 Å². The van der Waals surface area contributed by atoms with Crippen LogP contribution < -0.4 is 0 Å². The van der Waals surface area contributed by atoms with E-state index in [9.17, 15) is 9.18 Å². The zero-order valence-corrected chi connectivity index (χ0v) is 8.27. The Kier molecular flexibility index (Phi) is 3.66. The van der Waals surface area contributed by atoms with Gasteiger partial charge in [-0.05, 0) is 34.1 Å². The highest BCUT2D eigenvalue weighted by molar-refractivity contribution is 9.10. The standard InChI is InChI=1S/C10H6BrFO/c11-9-5-4-8(7-10(9)12)3-1-2-6-13/h4-7H,2H2. The molecule has 0 fully saturated rings. The molecule has 0 spiro atoms. The zero-order valence-electron chi connectivity index (χ0n) is 6.68. The largest absolute Gasteiger partial charge is 0.302 e. The Labute approximate surface area is 84.1 Å². The predicted molar refractivity (Wildman–Crippen MR) is 51.7 cm³/mol. The summed E-state index contributed by atoms with van der Waals surface area (Å²) in [6.45, 7) is 0. The van der Waals surface area contributed by atoms with Crippen molar-refractivity contribution in [1.82, 2.24) is 0 Å². The van der Waals surface area contributed by atoms with Crippen LogP contribution in [0, 0.1) is 17.7 Å². The molecule has 0 aliphatic carbocycles. The van der Waals surface area contributed by atoms with Crippen LogP contribution in [0.5, 0.6) is 0 Å². The molecule has 0 amide bonds. The first-order chi connectivity index (χ1) is 6.24. The molecule has 0 aliphatic heterocycles. The number of aldehydes is 1. The Morgan fingerprint density at radius 3 is 2.92 bits per heavy atom. The number of hydrogen-bond donors (Lipinski definition) is 0. The lowest BCUT2D eigenvalue weighted by Gasteiger charge is -1.93. The van der Waals surface area contributed by atoms with Crippen LogP contribution in [0.15, 0.2) is 22.7 Å². The smallest absolute Gasteiger partial charge is 0.138 e. The van der Waals surface area contributed by atoms with Gasteiger partial charge in [-0.3, -0.25) is 0 Å². The fourth-order valence-corrected chi connectivity index (χ4v) is 1.02. The van der Waals surface area contributed by atoms with Crippen molar-refractivity contribution in [2.24, 2.45) is 0 Å². The first kappa shape index (κ1) is 9.94. The van der Waals surface area contributed by atoms with Crippen molar-refractivity contribution >= 4 is 22.2 Å². The minimum Gasteiger partial charge on any atom is -0.302 e. The summed E-state index contributed by atoms with van der Waals surface area (Å²) >= 11 is 3.03. The van der Waals surface area contributed by atoms with E-state index in [4.69, 9.17) is 0 Å². The Hall–Kier alpha value is -1.14. The average molecular weight is 241 g/mol. The van der Waals surface area contributed by atoms with Crippen molar-refractivity contribution in [2.45, 2.75) is 6.42 Å². The van der Waals surface area contributed by atoms with E-state index in [1.807, 2.05) is 0 Å². The van der Waals surface area contributed by atoms with E-state index in [1.165, 1.54) is 6.07 Å². The molecular weight excluding hydrogens is 235 g/mol. The highest BCUT2D eigenvalue weighted by Crippen LogP contribution is 2.15. The van der Waals surface area contributed by atoms with Crippen LogP contribution in [0.2, 0.25) is 0 Å². The summed E-state index contributed by atoms with van der Waals surface area (Å²) in [7, 11) is 0. The van der Waals surface area contributed by atoms with Crippen LogP contribution in [0.4, 0.5) is 4.39 Å². The molecule has 0 atom stereocenters. The molecule has 1 rings (SSSR count). The van der Waals surface area contributed by atoms with E-state index in [0.29, 0.717) is 16.3 Å². The van der Waals surface area contributed by atoms with Gasteiger partial charge in [0.1, 0.15) is 12.1 Å². The highest BCUT2D eigenvalue weighted by atomic mass is 79.9. The van der Waals surface area contributed by atoms with E-state index in [-0.39, 0.29) is 12.2 Å². The first-order valence-corrected chi connectivity index (χ1v) is 4.41. The van der Waals surface area contributed by atoms with Crippen LogP contribution in [-0.2, 0) is 4.79 Å². The maximum absolute atomic E-state index is 12.9. The fraction of sp³-hybridized carbons (Fsp3) is 0.100. The molecule has 0 bridgehead atoms. The van der Waals surface area contributed by atoms with Crippen molar-refractivity contribution in [2.75, 3.05) is 0 Å². The Bertz CT molecular complexity index is 376. The number of carbonyl (C=O) groups is 1. The second kappa shape index (κ2) is 4.78. The van der Waals surface area contributed by atoms with Gasteiger partial charge in [0.05, 0.1) is 10.9 Å². The summed E-state index contributed by atoms with van der Waals surface area (Å²) in [6.07, 6.45) is 0.889. The van der Waals surface area contributed by atoms with E-state index in [1.54, 1.807) is 12.1 Å². The molecule has 3 heteroatoms. The molecule has 0 N–H and O–H groups in total. The molecular formula is C10H6BrFO. The molecule has 1 aromatic rings. The van der Waals surface area contributed by atoms with Crippen molar-refractivity contribution < 1.29 is 9.18 Å². The van der Waals surface area contributed by atoms with Gasteiger partial charge in [0.2, 0.25) is 0 Å². The van der Waals surface area contributed by atoms with Crippen molar-refractivity contribution in [1.29, 1.82) is 0 Å². The number of benzene rings is 1. The van der Waals surface area contributed by atoms with Crippen molar-refractivity contribution in [3.8, 4) is 11.8 Å².